The van der Waals surface area contributed by atoms with Crippen LogP contribution in [0.1, 0.15) is 18.7 Å². The van der Waals surface area contributed by atoms with Crippen LogP contribution in [0.15, 0.2) is 30.5 Å². The van der Waals surface area contributed by atoms with Gasteiger partial charge >= 0.3 is 0 Å². The molecule has 0 radical (unpaired) electrons. The predicted molar refractivity (Wildman–Crippen MR) is 85.5 cm³/mol. The molecular formula is C17H17FN4. The minimum absolute atomic E-state index is 0.258. The summed E-state index contributed by atoms with van der Waals surface area (Å²) in [4.78, 5) is 14.2. The van der Waals surface area contributed by atoms with Gasteiger partial charge in [0.2, 0.25) is 0 Å². The van der Waals surface area contributed by atoms with Crippen LogP contribution in [0.3, 0.4) is 0 Å². The summed E-state index contributed by atoms with van der Waals surface area (Å²) in [7, 11) is 0. The van der Waals surface area contributed by atoms with E-state index < -0.39 is 0 Å². The van der Waals surface area contributed by atoms with Crippen molar-refractivity contribution in [1.29, 1.82) is 0 Å². The van der Waals surface area contributed by atoms with Crippen LogP contribution in [-0.2, 0) is 0 Å². The Balaban J connectivity index is 1.72. The van der Waals surface area contributed by atoms with Gasteiger partial charge in [-0.1, -0.05) is 0 Å². The van der Waals surface area contributed by atoms with E-state index in [2.05, 4.69) is 19.9 Å². The van der Waals surface area contributed by atoms with Gasteiger partial charge in [-0.3, -0.25) is 0 Å². The predicted octanol–water partition coefficient (Wildman–Crippen LogP) is 3.67. The highest BCUT2D eigenvalue weighted by Crippen LogP contribution is 2.28. The maximum absolute atomic E-state index is 14.3. The molecular weight excluding hydrogens is 279 g/mol. The van der Waals surface area contributed by atoms with Crippen LogP contribution >= 0.6 is 0 Å². The van der Waals surface area contributed by atoms with Crippen LogP contribution in [0.25, 0.3) is 22.2 Å². The largest absolute Gasteiger partial charge is 0.357 e. The standard InChI is InChI=1S/C17H17FN4/c1-11-20-15-8-13(14(18)9-16(15)21-11)12-4-5-17(19-10-12)22-6-2-3-7-22/h4-5,8-10H,2-3,6-7H2,1H3,(H,20,21). The van der Waals surface area contributed by atoms with E-state index in [1.807, 2.05) is 19.1 Å². The number of hydrogen-bond acceptors (Lipinski definition) is 3. The number of aromatic amines is 1. The molecule has 5 heteroatoms. The fourth-order valence-corrected chi connectivity index (χ4v) is 3.06. The number of benzene rings is 1. The van der Waals surface area contributed by atoms with Gasteiger partial charge in [0.15, 0.2) is 0 Å². The molecule has 1 aliphatic rings. The molecule has 22 heavy (non-hydrogen) atoms. The molecule has 0 bridgehead atoms. The lowest BCUT2D eigenvalue weighted by molar-refractivity contribution is 0.633. The van der Waals surface area contributed by atoms with Crippen LogP contribution < -0.4 is 4.90 Å². The average molecular weight is 296 g/mol. The maximum atomic E-state index is 14.3. The third kappa shape index (κ3) is 2.22. The van der Waals surface area contributed by atoms with E-state index in [9.17, 15) is 4.39 Å². The number of H-pyrrole nitrogens is 1. The third-order valence-corrected chi connectivity index (χ3v) is 4.18. The summed E-state index contributed by atoms with van der Waals surface area (Å²) in [6.07, 6.45) is 4.18. The summed E-state index contributed by atoms with van der Waals surface area (Å²) >= 11 is 0. The number of anilines is 1. The second-order valence-corrected chi connectivity index (χ2v) is 5.77. The molecule has 1 saturated heterocycles. The number of nitrogens with one attached hydrogen (secondary N) is 1. The Morgan fingerprint density at radius 2 is 2.00 bits per heavy atom. The highest BCUT2D eigenvalue weighted by Gasteiger charge is 2.14. The Kier molecular flexibility index (Phi) is 3.06. The van der Waals surface area contributed by atoms with Gasteiger partial charge in [0.1, 0.15) is 17.5 Å². The highest BCUT2D eigenvalue weighted by atomic mass is 19.1. The van der Waals surface area contributed by atoms with Gasteiger partial charge in [-0.2, -0.15) is 0 Å². The molecule has 0 aliphatic carbocycles. The lowest BCUT2D eigenvalue weighted by atomic mass is 10.1. The van der Waals surface area contributed by atoms with Gasteiger partial charge in [0.25, 0.3) is 0 Å². The van der Waals surface area contributed by atoms with Crippen molar-refractivity contribution >= 4 is 16.9 Å². The molecule has 0 unspecified atom stereocenters. The van der Waals surface area contributed by atoms with Crippen LogP contribution in [0.2, 0.25) is 0 Å². The van der Waals surface area contributed by atoms with Crippen molar-refractivity contribution in [1.82, 2.24) is 15.0 Å². The summed E-state index contributed by atoms with van der Waals surface area (Å²) in [5, 5.41) is 0. The molecule has 3 heterocycles. The fraction of sp³-hybridized carbons (Fsp3) is 0.294. The maximum Gasteiger partial charge on any atom is 0.133 e. The summed E-state index contributed by atoms with van der Waals surface area (Å²) < 4.78 is 14.3. The number of aromatic nitrogens is 3. The molecule has 0 saturated carbocycles. The zero-order chi connectivity index (χ0) is 15.1. The molecule has 1 fully saturated rings. The highest BCUT2D eigenvalue weighted by molar-refractivity contribution is 5.82. The van der Waals surface area contributed by atoms with Gasteiger partial charge in [-0.15, -0.1) is 0 Å². The quantitative estimate of drug-likeness (QED) is 0.784. The number of fused-ring (bicyclic) bond motifs is 1. The summed E-state index contributed by atoms with van der Waals surface area (Å²) in [6.45, 7) is 3.97. The SMILES string of the molecule is Cc1nc2cc(-c3ccc(N4CCCC4)nc3)c(F)cc2[nH]1. The fourth-order valence-electron chi connectivity index (χ4n) is 3.06. The van der Waals surface area contributed by atoms with Gasteiger partial charge in [0, 0.05) is 36.5 Å². The molecule has 2 aromatic heterocycles. The second-order valence-electron chi connectivity index (χ2n) is 5.77. The first-order valence-electron chi connectivity index (χ1n) is 7.58. The molecule has 112 valence electrons. The molecule has 1 N–H and O–H groups in total. The van der Waals surface area contributed by atoms with Gasteiger partial charge in [0.05, 0.1) is 11.0 Å². The zero-order valence-electron chi connectivity index (χ0n) is 12.4. The number of nitrogens with zero attached hydrogens (tertiary/aromatic N) is 3. The second kappa shape index (κ2) is 5.09. The van der Waals surface area contributed by atoms with Gasteiger partial charge < -0.3 is 9.88 Å². The number of rotatable bonds is 2. The van der Waals surface area contributed by atoms with Crippen LogP contribution in [0.5, 0.6) is 0 Å². The van der Waals surface area contributed by atoms with Crippen LogP contribution in [-0.4, -0.2) is 28.0 Å². The first-order chi connectivity index (χ1) is 10.7. The number of halogens is 1. The minimum atomic E-state index is -0.258. The van der Waals surface area contributed by atoms with Crippen molar-refractivity contribution in [3.63, 3.8) is 0 Å². The topological polar surface area (TPSA) is 44.8 Å². The smallest absolute Gasteiger partial charge is 0.133 e. The summed E-state index contributed by atoms with van der Waals surface area (Å²) in [5.74, 6) is 1.50. The number of hydrogen-bond donors (Lipinski definition) is 1. The monoisotopic (exact) mass is 296 g/mol. The van der Waals surface area contributed by atoms with E-state index >= 15 is 0 Å². The Labute approximate surface area is 128 Å². The lowest BCUT2D eigenvalue weighted by Crippen LogP contribution is -2.18. The number of imidazole rings is 1. The molecule has 1 aliphatic heterocycles. The van der Waals surface area contributed by atoms with E-state index in [-0.39, 0.29) is 5.82 Å². The average Bonchev–Trinajstić information content (AvgIpc) is 3.15. The molecule has 4 nitrogen and oxygen atoms in total. The molecule has 0 spiro atoms. The number of pyridine rings is 1. The molecule has 1 aromatic carbocycles. The Hall–Kier alpha value is -2.43. The van der Waals surface area contributed by atoms with Gasteiger partial charge in [-0.25, -0.2) is 14.4 Å². The third-order valence-electron chi connectivity index (χ3n) is 4.18. The van der Waals surface area contributed by atoms with E-state index in [0.29, 0.717) is 5.56 Å². The van der Waals surface area contributed by atoms with Crippen molar-refractivity contribution < 1.29 is 4.39 Å². The summed E-state index contributed by atoms with van der Waals surface area (Å²) in [5.41, 5.74) is 2.82. The van der Waals surface area contributed by atoms with E-state index in [1.165, 1.54) is 18.9 Å². The summed E-state index contributed by atoms with van der Waals surface area (Å²) in [6, 6.07) is 7.18. The molecule has 0 atom stereocenters. The van der Waals surface area contributed by atoms with E-state index in [0.717, 1.165) is 41.3 Å². The van der Waals surface area contributed by atoms with Crippen molar-refractivity contribution in [2.24, 2.45) is 0 Å². The Morgan fingerprint density at radius 1 is 1.18 bits per heavy atom. The Morgan fingerprint density at radius 3 is 2.73 bits per heavy atom. The Bertz CT molecular complexity index is 817. The van der Waals surface area contributed by atoms with E-state index in [4.69, 9.17) is 0 Å². The normalized spacial score (nSPS) is 14.9. The van der Waals surface area contributed by atoms with Crippen LogP contribution in [0, 0.1) is 12.7 Å². The molecule has 3 aromatic rings. The van der Waals surface area contributed by atoms with Crippen LogP contribution in [0.4, 0.5) is 10.2 Å². The molecule has 4 rings (SSSR count). The van der Waals surface area contributed by atoms with Crippen molar-refractivity contribution in [3.05, 3.63) is 42.1 Å². The zero-order valence-corrected chi connectivity index (χ0v) is 12.4. The van der Waals surface area contributed by atoms with E-state index in [1.54, 1.807) is 12.3 Å². The minimum Gasteiger partial charge on any atom is -0.357 e. The number of aryl methyl sites for hydroxylation is 1. The molecule has 0 amide bonds. The lowest BCUT2D eigenvalue weighted by Gasteiger charge is -2.16. The van der Waals surface area contributed by atoms with Gasteiger partial charge in [-0.05, 0) is 38.0 Å². The van der Waals surface area contributed by atoms with Crippen molar-refractivity contribution in [2.45, 2.75) is 19.8 Å². The van der Waals surface area contributed by atoms with Crippen molar-refractivity contribution in [2.75, 3.05) is 18.0 Å². The van der Waals surface area contributed by atoms with Crippen molar-refractivity contribution in [3.8, 4) is 11.1 Å². The first-order valence-corrected chi connectivity index (χ1v) is 7.58. The first kappa shape index (κ1) is 13.2.